The fourth-order valence-electron chi connectivity index (χ4n) is 6.52. The molecule has 0 saturated carbocycles. The Labute approximate surface area is 213 Å². The Bertz CT molecular complexity index is 1060. The van der Waals surface area contributed by atoms with Gasteiger partial charge in [-0.1, -0.05) is 18.2 Å². The molecule has 5 atom stereocenters. The fraction of sp³-hybridized carbons (Fsp3) is 0.607. The van der Waals surface area contributed by atoms with Crippen LogP contribution in [0.4, 0.5) is 5.69 Å². The molecule has 1 aromatic rings. The molecule has 196 valence electrons. The number of unbranched alkanes of at least 4 members (excludes halogenated alkanes) is 1. The molecule has 1 N–H and O–H groups in total. The van der Waals surface area contributed by atoms with Gasteiger partial charge in [0.2, 0.25) is 5.91 Å². The average Bonchev–Trinajstić information content (AvgIpc) is 3.40. The van der Waals surface area contributed by atoms with Gasteiger partial charge in [-0.2, -0.15) is 0 Å². The van der Waals surface area contributed by atoms with Crippen LogP contribution in [-0.2, 0) is 23.9 Å². The Morgan fingerprint density at radius 3 is 2.72 bits per heavy atom. The number of carbonyl (C=O) groups excluding carboxylic acids is 3. The molecule has 4 rings (SSSR count). The summed E-state index contributed by atoms with van der Waals surface area (Å²) in [6.07, 6.45) is 3.81. The van der Waals surface area contributed by atoms with Crippen molar-refractivity contribution in [2.24, 2.45) is 11.8 Å². The number of anilines is 1. The highest BCUT2D eigenvalue weighted by Crippen LogP contribution is 2.63. The normalized spacial score (nSPS) is 30.4. The van der Waals surface area contributed by atoms with Gasteiger partial charge in [0.15, 0.2) is 0 Å². The molecule has 0 radical (unpaired) electrons. The van der Waals surface area contributed by atoms with Crippen molar-refractivity contribution in [3.8, 4) is 0 Å². The van der Waals surface area contributed by atoms with Crippen molar-refractivity contribution in [2.75, 3.05) is 31.2 Å². The van der Waals surface area contributed by atoms with E-state index in [0.717, 1.165) is 16.8 Å². The highest BCUT2D eigenvalue weighted by atomic mass is 16.6. The van der Waals surface area contributed by atoms with Crippen LogP contribution in [0.1, 0.15) is 50.7 Å². The summed E-state index contributed by atoms with van der Waals surface area (Å²) in [4.78, 5) is 44.8. The van der Waals surface area contributed by atoms with Crippen molar-refractivity contribution in [2.45, 2.75) is 70.6 Å². The molecule has 3 aliphatic heterocycles. The molecule has 3 saturated heterocycles. The quantitative estimate of drug-likeness (QED) is 0.303. The molecule has 3 fully saturated rings. The maximum Gasteiger partial charge on any atom is 0.312 e. The van der Waals surface area contributed by atoms with Gasteiger partial charge < -0.3 is 24.4 Å². The van der Waals surface area contributed by atoms with E-state index in [2.05, 4.69) is 6.58 Å². The van der Waals surface area contributed by atoms with Crippen LogP contribution < -0.4 is 4.90 Å². The lowest BCUT2D eigenvalue weighted by atomic mass is 9.66. The third kappa shape index (κ3) is 4.04. The van der Waals surface area contributed by atoms with Gasteiger partial charge in [-0.05, 0) is 70.6 Å². The van der Waals surface area contributed by atoms with Crippen LogP contribution in [0, 0.1) is 25.7 Å². The van der Waals surface area contributed by atoms with Gasteiger partial charge in [0.05, 0.1) is 18.1 Å². The van der Waals surface area contributed by atoms with Gasteiger partial charge in [0.25, 0.3) is 5.91 Å². The van der Waals surface area contributed by atoms with E-state index in [1.807, 2.05) is 39.0 Å². The van der Waals surface area contributed by atoms with Crippen LogP contribution in [0.15, 0.2) is 30.9 Å². The maximum absolute atomic E-state index is 14.5. The van der Waals surface area contributed by atoms with E-state index in [1.165, 1.54) is 0 Å². The molecular weight excluding hydrogens is 460 g/mol. The number of hydrogen-bond donors (Lipinski definition) is 1. The van der Waals surface area contributed by atoms with Crippen LogP contribution in [0.3, 0.4) is 0 Å². The molecular formula is C28H38N2O6. The number of fused-ring (bicyclic) bond motifs is 1. The van der Waals surface area contributed by atoms with Crippen molar-refractivity contribution in [1.82, 2.24) is 4.90 Å². The second-order valence-electron chi connectivity index (χ2n) is 10.5. The highest BCUT2D eigenvalue weighted by molar-refractivity contribution is 6.05. The standard InChI is InChI=1S/C28H38N2O6/c1-6-14-29(20-17-18(3)10-11-19(20)4)25(33)23-28-13-12-27(5,36-28)22(26(34)35-7-2)21(28)24(32)30(23)15-8-9-16-31/h6,10-11,17,21-23,31H,1,7-9,12-16H2,2-5H3/t21-,22-,23?,27+,28?/m0/s1. The summed E-state index contributed by atoms with van der Waals surface area (Å²) in [7, 11) is 0. The van der Waals surface area contributed by atoms with Crippen LogP contribution in [-0.4, -0.2) is 71.3 Å². The van der Waals surface area contributed by atoms with Crippen molar-refractivity contribution < 1.29 is 29.0 Å². The number of nitrogens with zero attached hydrogens (tertiary/aromatic N) is 2. The average molecular weight is 499 g/mol. The predicted molar refractivity (Wildman–Crippen MR) is 135 cm³/mol. The third-order valence-corrected chi connectivity index (χ3v) is 8.09. The van der Waals surface area contributed by atoms with Crippen molar-refractivity contribution >= 4 is 23.5 Å². The van der Waals surface area contributed by atoms with Gasteiger partial charge in [0.1, 0.15) is 17.6 Å². The number of benzene rings is 1. The zero-order valence-electron chi connectivity index (χ0n) is 21.8. The Morgan fingerprint density at radius 2 is 2.06 bits per heavy atom. The second kappa shape index (κ2) is 9.98. The summed E-state index contributed by atoms with van der Waals surface area (Å²) >= 11 is 0. The molecule has 8 nitrogen and oxygen atoms in total. The summed E-state index contributed by atoms with van der Waals surface area (Å²) in [6.45, 7) is 12.2. The zero-order chi connectivity index (χ0) is 26.3. The van der Waals surface area contributed by atoms with Crippen molar-refractivity contribution in [1.29, 1.82) is 0 Å². The van der Waals surface area contributed by atoms with Gasteiger partial charge in [0, 0.05) is 25.4 Å². The van der Waals surface area contributed by atoms with Crippen molar-refractivity contribution in [3.63, 3.8) is 0 Å². The zero-order valence-corrected chi connectivity index (χ0v) is 21.8. The minimum atomic E-state index is -1.10. The number of rotatable bonds is 10. The minimum Gasteiger partial charge on any atom is -0.466 e. The molecule has 2 bridgehead atoms. The lowest BCUT2D eigenvalue weighted by Crippen LogP contribution is -2.56. The summed E-state index contributed by atoms with van der Waals surface area (Å²) in [6, 6.07) is 5.06. The van der Waals surface area contributed by atoms with Gasteiger partial charge in [-0.15, -0.1) is 6.58 Å². The number of aryl methyl sites for hydroxylation is 2. The van der Waals surface area contributed by atoms with E-state index in [9.17, 15) is 19.5 Å². The Kier molecular flexibility index (Phi) is 7.30. The first-order chi connectivity index (χ1) is 17.1. The van der Waals surface area contributed by atoms with Gasteiger partial charge in [-0.25, -0.2) is 0 Å². The minimum absolute atomic E-state index is 0.000311. The van der Waals surface area contributed by atoms with Gasteiger partial charge >= 0.3 is 5.97 Å². The predicted octanol–water partition coefficient (Wildman–Crippen LogP) is 2.92. The topological polar surface area (TPSA) is 96.4 Å². The molecule has 3 heterocycles. The fourth-order valence-corrected chi connectivity index (χ4v) is 6.52. The monoisotopic (exact) mass is 498 g/mol. The van der Waals surface area contributed by atoms with Crippen LogP contribution >= 0.6 is 0 Å². The lowest BCUT2D eigenvalue weighted by molar-refractivity contribution is -0.159. The number of esters is 1. The molecule has 0 aliphatic carbocycles. The van der Waals surface area contributed by atoms with E-state index in [4.69, 9.17) is 9.47 Å². The van der Waals surface area contributed by atoms with Crippen LogP contribution in [0.5, 0.6) is 0 Å². The lowest BCUT2D eigenvalue weighted by Gasteiger charge is -2.37. The molecule has 3 aliphatic rings. The SMILES string of the molecule is C=CCN(C(=O)C1N(CCCCO)C(=O)[C@@H]2[C@@H](C(=O)OCC)[C@@]3(C)CCC12O3)c1cc(C)ccc1C. The van der Waals surface area contributed by atoms with Gasteiger partial charge in [-0.3, -0.25) is 14.4 Å². The molecule has 36 heavy (non-hydrogen) atoms. The van der Waals surface area contributed by atoms with Crippen LogP contribution in [0.25, 0.3) is 0 Å². The molecule has 1 spiro atoms. The Morgan fingerprint density at radius 1 is 1.31 bits per heavy atom. The summed E-state index contributed by atoms with van der Waals surface area (Å²) in [5.41, 5.74) is 0.766. The summed E-state index contributed by atoms with van der Waals surface area (Å²) in [5.74, 6) is -2.46. The number of hydrogen-bond acceptors (Lipinski definition) is 6. The molecule has 2 unspecified atom stereocenters. The van der Waals surface area contributed by atoms with Crippen molar-refractivity contribution in [3.05, 3.63) is 42.0 Å². The maximum atomic E-state index is 14.5. The number of carbonyl (C=O) groups is 3. The molecule has 8 heteroatoms. The molecule has 1 aromatic carbocycles. The van der Waals surface area contributed by atoms with E-state index >= 15 is 0 Å². The molecule has 0 aromatic heterocycles. The number of amides is 2. The smallest absolute Gasteiger partial charge is 0.312 e. The van der Waals surface area contributed by atoms with E-state index in [0.29, 0.717) is 32.2 Å². The van der Waals surface area contributed by atoms with Crippen LogP contribution in [0.2, 0.25) is 0 Å². The largest absolute Gasteiger partial charge is 0.466 e. The second-order valence-corrected chi connectivity index (χ2v) is 10.5. The van der Waals surface area contributed by atoms with E-state index < -0.39 is 35.0 Å². The first-order valence-corrected chi connectivity index (χ1v) is 12.9. The van der Waals surface area contributed by atoms with E-state index in [-0.39, 0.29) is 31.6 Å². The number of aliphatic hydroxyl groups excluding tert-OH is 1. The summed E-state index contributed by atoms with van der Waals surface area (Å²) in [5, 5.41) is 9.34. The Balaban J connectivity index is 1.80. The number of aliphatic hydroxyl groups is 1. The molecule has 2 amide bonds. The number of ether oxygens (including phenoxy) is 2. The first kappa shape index (κ1) is 26.4. The first-order valence-electron chi connectivity index (χ1n) is 12.9. The highest BCUT2D eigenvalue weighted by Gasteiger charge is 2.78. The Hall–Kier alpha value is -2.71. The number of likely N-dealkylation sites (tertiary alicyclic amines) is 1. The third-order valence-electron chi connectivity index (χ3n) is 8.09. The van der Waals surface area contributed by atoms with E-state index in [1.54, 1.807) is 22.8 Å². The summed E-state index contributed by atoms with van der Waals surface area (Å²) < 4.78 is 12.0.